The second kappa shape index (κ2) is 7.85. The van der Waals surface area contributed by atoms with Crippen LogP contribution in [-0.4, -0.2) is 62.4 Å². The Morgan fingerprint density at radius 2 is 2.00 bits per heavy atom. The van der Waals surface area contributed by atoms with Gasteiger partial charge in [-0.1, -0.05) is 17.7 Å². The number of ether oxygens (including phenoxy) is 1. The summed E-state index contributed by atoms with van der Waals surface area (Å²) in [6, 6.07) is 5.16. The van der Waals surface area contributed by atoms with Gasteiger partial charge in [0.25, 0.3) is 5.56 Å². The van der Waals surface area contributed by atoms with Crippen molar-refractivity contribution in [2.45, 2.75) is 18.9 Å². The van der Waals surface area contributed by atoms with Gasteiger partial charge in [-0.3, -0.25) is 4.79 Å². The largest absolute Gasteiger partial charge is 0.378 e. The van der Waals surface area contributed by atoms with Gasteiger partial charge < -0.3 is 25.4 Å². The van der Waals surface area contributed by atoms with Gasteiger partial charge in [0, 0.05) is 6.54 Å². The van der Waals surface area contributed by atoms with E-state index in [1.165, 1.54) is 0 Å². The molecular weight excluding hydrogens is 446 g/mol. The number of nitrogens with two attached hydrogens (primary N) is 1. The van der Waals surface area contributed by atoms with Crippen LogP contribution in [0.5, 0.6) is 0 Å². The van der Waals surface area contributed by atoms with Crippen LogP contribution in [0.2, 0.25) is 5.02 Å². The molecule has 0 spiro atoms. The van der Waals surface area contributed by atoms with Gasteiger partial charge in [0.1, 0.15) is 0 Å². The van der Waals surface area contributed by atoms with Crippen LogP contribution in [0.15, 0.2) is 29.3 Å². The van der Waals surface area contributed by atoms with Crippen LogP contribution in [0, 0.1) is 0 Å². The SMILES string of the molecule is Nc1nc(N2CCCC2c2nc3cccc(Cl)c3c(=O)n2N2CCOCC2)c2nc[nH]c2n1. The molecule has 0 bridgehead atoms. The van der Waals surface area contributed by atoms with Crippen LogP contribution in [0.4, 0.5) is 11.8 Å². The second-order valence-corrected chi connectivity index (χ2v) is 8.55. The van der Waals surface area contributed by atoms with Crippen molar-refractivity contribution in [3.8, 4) is 0 Å². The minimum absolute atomic E-state index is 0.163. The lowest BCUT2D eigenvalue weighted by atomic mass is 10.1. The normalized spacial score (nSPS) is 19.1. The van der Waals surface area contributed by atoms with Gasteiger partial charge in [0.15, 0.2) is 22.8 Å². The van der Waals surface area contributed by atoms with Crippen LogP contribution in [-0.2, 0) is 4.74 Å². The number of fused-ring (bicyclic) bond motifs is 2. The predicted octanol–water partition coefficient (Wildman–Crippen LogP) is 1.61. The Morgan fingerprint density at radius 1 is 1.15 bits per heavy atom. The van der Waals surface area contributed by atoms with E-state index in [2.05, 4.69) is 24.8 Å². The number of hydrogen-bond donors (Lipinski definition) is 2. The number of nitrogens with zero attached hydrogens (tertiary/aromatic N) is 7. The number of imidazole rings is 1. The summed E-state index contributed by atoms with van der Waals surface area (Å²) in [5.74, 6) is 1.45. The number of rotatable bonds is 3. The molecule has 1 atom stereocenters. The number of halogens is 1. The molecule has 2 fully saturated rings. The maximum Gasteiger partial charge on any atom is 0.281 e. The topological polar surface area (TPSA) is 131 Å². The first-order chi connectivity index (χ1) is 16.1. The Bertz CT molecular complexity index is 1410. The fourth-order valence-electron chi connectivity index (χ4n) is 4.77. The standard InChI is InChI=1S/C21H22ClN9O2/c22-12-3-1-4-13-15(12)20(32)31(29-7-9-33-10-8-29)18(26-13)14-5-2-6-30(14)19-16-17(25-11-24-16)27-21(23)28-19/h1,3-4,11,14H,2,5-10H2,(H3,23,24,25,27,28). The van der Waals surface area contributed by atoms with Crippen molar-refractivity contribution in [2.24, 2.45) is 0 Å². The van der Waals surface area contributed by atoms with Crippen LogP contribution in [0.25, 0.3) is 22.1 Å². The van der Waals surface area contributed by atoms with Gasteiger partial charge in [0.05, 0.1) is 54.6 Å². The number of hydrogen-bond acceptors (Lipinski definition) is 9. The number of anilines is 2. The van der Waals surface area contributed by atoms with Crippen LogP contribution in [0.3, 0.4) is 0 Å². The zero-order chi connectivity index (χ0) is 22.5. The minimum atomic E-state index is -0.196. The lowest BCUT2D eigenvalue weighted by Gasteiger charge is -2.35. The summed E-state index contributed by atoms with van der Waals surface area (Å²) >= 11 is 6.43. The zero-order valence-corrected chi connectivity index (χ0v) is 18.5. The Kier molecular flexibility index (Phi) is 4.80. The van der Waals surface area contributed by atoms with E-state index in [9.17, 15) is 4.79 Å². The number of nitrogens with one attached hydrogen (secondary N) is 1. The van der Waals surface area contributed by atoms with E-state index >= 15 is 0 Å². The van der Waals surface area contributed by atoms with E-state index in [0.29, 0.717) is 65.0 Å². The zero-order valence-electron chi connectivity index (χ0n) is 17.7. The third-order valence-corrected chi connectivity index (χ3v) is 6.54. The second-order valence-electron chi connectivity index (χ2n) is 8.14. The first-order valence-corrected chi connectivity index (χ1v) is 11.3. The smallest absolute Gasteiger partial charge is 0.281 e. The highest BCUT2D eigenvalue weighted by Crippen LogP contribution is 2.37. The van der Waals surface area contributed by atoms with Gasteiger partial charge in [-0.2, -0.15) is 9.97 Å². The van der Waals surface area contributed by atoms with E-state index < -0.39 is 0 Å². The van der Waals surface area contributed by atoms with Crippen LogP contribution >= 0.6 is 11.6 Å². The number of benzene rings is 1. The Morgan fingerprint density at radius 3 is 2.85 bits per heavy atom. The molecule has 2 aliphatic heterocycles. The molecule has 5 heterocycles. The molecule has 11 nitrogen and oxygen atoms in total. The van der Waals surface area contributed by atoms with Crippen molar-refractivity contribution in [3.63, 3.8) is 0 Å². The molecule has 170 valence electrons. The number of H-pyrrole nitrogens is 1. The van der Waals surface area contributed by atoms with E-state index in [4.69, 9.17) is 27.1 Å². The molecule has 12 heteroatoms. The van der Waals surface area contributed by atoms with Crippen molar-refractivity contribution in [1.29, 1.82) is 0 Å². The van der Waals surface area contributed by atoms with Crippen molar-refractivity contribution in [2.75, 3.05) is 48.5 Å². The molecule has 33 heavy (non-hydrogen) atoms. The van der Waals surface area contributed by atoms with E-state index in [0.717, 1.165) is 19.4 Å². The molecule has 2 aliphatic rings. The summed E-state index contributed by atoms with van der Waals surface area (Å²) in [6.07, 6.45) is 3.29. The first-order valence-electron chi connectivity index (χ1n) is 10.9. The first kappa shape index (κ1) is 20.2. The van der Waals surface area contributed by atoms with Crippen molar-refractivity contribution < 1.29 is 4.74 Å². The quantitative estimate of drug-likeness (QED) is 0.461. The minimum Gasteiger partial charge on any atom is -0.378 e. The van der Waals surface area contributed by atoms with Gasteiger partial charge in [-0.25, -0.2) is 14.6 Å². The molecule has 0 aliphatic carbocycles. The summed E-state index contributed by atoms with van der Waals surface area (Å²) in [6.45, 7) is 2.98. The molecule has 4 aromatic rings. The fourth-order valence-corrected chi connectivity index (χ4v) is 5.02. The molecule has 1 unspecified atom stereocenters. The lowest BCUT2D eigenvalue weighted by Crippen LogP contribution is -2.51. The summed E-state index contributed by atoms with van der Waals surface area (Å²) in [5, 5.41) is 2.80. The van der Waals surface area contributed by atoms with Gasteiger partial charge in [-0.05, 0) is 25.0 Å². The maximum absolute atomic E-state index is 13.8. The Hall–Kier alpha value is -3.44. The molecule has 1 aromatic carbocycles. The number of aromatic amines is 1. The van der Waals surface area contributed by atoms with Crippen molar-refractivity contribution in [3.05, 3.63) is 45.7 Å². The molecule has 0 radical (unpaired) electrons. The summed E-state index contributed by atoms with van der Waals surface area (Å²) in [4.78, 5) is 37.0. The van der Waals surface area contributed by atoms with Crippen molar-refractivity contribution in [1.82, 2.24) is 29.6 Å². The monoisotopic (exact) mass is 467 g/mol. The predicted molar refractivity (Wildman–Crippen MR) is 125 cm³/mol. The lowest BCUT2D eigenvalue weighted by molar-refractivity contribution is 0.110. The third-order valence-electron chi connectivity index (χ3n) is 6.22. The molecule has 2 saturated heterocycles. The third kappa shape index (κ3) is 3.26. The van der Waals surface area contributed by atoms with Crippen LogP contribution < -0.4 is 21.2 Å². The Balaban J connectivity index is 1.56. The maximum atomic E-state index is 13.8. The van der Waals surface area contributed by atoms with Crippen molar-refractivity contribution >= 4 is 45.4 Å². The summed E-state index contributed by atoms with van der Waals surface area (Å²) in [7, 11) is 0. The van der Waals surface area contributed by atoms with E-state index in [-0.39, 0.29) is 17.5 Å². The molecule has 0 saturated carbocycles. The summed E-state index contributed by atoms with van der Waals surface area (Å²) in [5.41, 5.74) is 7.60. The molecule has 6 rings (SSSR count). The number of aromatic nitrogens is 6. The van der Waals surface area contributed by atoms with Gasteiger partial charge in [-0.15, -0.1) is 0 Å². The van der Waals surface area contributed by atoms with Gasteiger partial charge in [0.2, 0.25) is 5.95 Å². The Labute approximate surface area is 193 Å². The number of nitrogen functional groups attached to an aromatic ring is 1. The molecule has 3 aromatic heterocycles. The van der Waals surface area contributed by atoms with E-state index in [1.807, 2.05) is 17.1 Å². The van der Waals surface area contributed by atoms with E-state index in [1.54, 1.807) is 17.1 Å². The number of morpholine rings is 1. The molecule has 3 N–H and O–H groups in total. The average molecular weight is 468 g/mol. The highest BCUT2D eigenvalue weighted by Gasteiger charge is 2.35. The molecule has 0 amide bonds. The van der Waals surface area contributed by atoms with Crippen LogP contribution in [0.1, 0.15) is 24.7 Å². The molecular formula is C21H22ClN9O2. The summed E-state index contributed by atoms with van der Waals surface area (Å²) < 4.78 is 7.21. The highest BCUT2D eigenvalue weighted by molar-refractivity contribution is 6.35. The van der Waals surface area contributed by atoms with Gasteiger partial charge >= 0.3 is 0 Å². The fraction of sp³-hybridized carbons (Fsp3) is 0.381. The highest BCUT2D eigenvalue weighted by atomic mass is 35.5. The average Bonchev–Trinajstić information content (AvgIpc) is 3.48.